The van der Waals surface area contributed by atoms with E-state index in [4.69, 9.17) is 9.47 Å². The Balaban J connectivity index is 1.39. The first-order valence-corrected chi connectivity index (χ1v) is 9.53. The molecule has 2 amide bonds. The number of hydrogen-bond acceptors (Lipinski definition) is 5. The molecule has 0 fully saturated rings. The summed E-state index contributed by atoms with van der Waals surface area (Å²) in [4.78, 5) is 26.6. The van der Waals surface area contributed by atoms with Crippen LogP contribution in [0.3, 0.4) is 0 Å². The molecule has 136 valence electrons. The van der Waals surface area contributed by atoms with Crippen LogP contribution in [0.5, 0.6) is 11.5 Å². The van der Waals surface area contributed by atoms with E-state index in [1.165, 1.54) is 21.8 Å². The highest BCUT2D eigenvalue weighted by molar-refractivity contribution is 7.14. The largest absolute Gasteiger partial charge is 0.486 e. The summed E-state index contributed by atoms with van der Waals surface area (Å²) in [5, 5.41) is 0. The van der Waals surface area contributed by atoms with Gasteiger partial charge < -0.3 is 9.47 Å². The molecule has 2 heterocycles. The Morgan fingerprint density at radius 3 is 2.69 bits per heavy atom. The van der Waals surface area contributed by atoms with E-state index < -0.39 is 5.91 Å². The molecule has 1 aromatic heterocycles. The van der Waals surface area contributed by atoms with Crippen molar-refractivity contribution in [2.24, 2.45) is 5.92 Å². The van der Waals surface area contributed by atoms with Gasteiger partial charge in [-0.3, -0.25) is 20.4 Å². The van der Waals surface area contributed by atoms with E-state index in [1.807, 2.05) is 6.07 Å². The van der Waals surface area contributed by atoms with E-state index in [-0.39, 0.29) is 5.91 Å². The molecular weight excluding hydrogens is 352 g/mol. The Kier molecular flexibility index (Phi) is 4.55. The lowest BCUT2D eigenvalue weighted by Gasteiger charge is -2.18. The molecule has 2 aliphatic rings. The number of carbonyl (C=O) groups is 2. The number of fused-ring (bicyclic) bond motifs is 2. The van der Waals surface area contributed by atoms with Gasteiger partial charge >= 0.3 is 0 Å². The molecule has 0 saturated heterocycles. The van der Waals surface area contributed by atoms with E-state index in [1.54, 1.807) is 18.2 Å². The lowest BCUT2D eigenvalue weighted by atomic mass is 9.90. The molecule has 4 rings (SSSR count). The summed E-state index contributed by atoms with van der Waals surface area (Å²) in [6, 6.07) is 6.89. The third-order valence-corrected chi connectivity index (χ3v) is 5.88. The zero-order valence-corrected chi connectivity index (χ0v) is 15.3. The number of nitrogens with one attached hydrogen (secondary N) is 2. The van der Waals surface area contributed by atoms with Crippen LogP contribution in [0.15, 0.2) is 24.3 Å². The van der Waals surface area contributed by atoms with Gasteiger partial charge in [0, 0.05) is 10.4 Å². The quantitative estimate of drug-likeness (QED) is 0.795. The molecule has 0 radical (unpaired) electrons. The summed E-state index contributed by atoms with van der Waals surface area (Å²) in [6.07, 6.45) is 3.20. The fourth-order valence-corrected chi connectivity index (χ4v) is 4.35. The average molecular weight is 372 g/mol. The molecule has 7 heteroatoms. The highest BCUT2D eigenvalue weighted by Crippen LogP contribution is 2.32. The minimum atomic E-state index is -0.398. The lowest BCUT2D eigenvalue weighted by molar-refractivity contribution is 0.0848. The Morgan fingerprint density at radius 2 is 1.85 bits per heavy atom. The SMILES string of the molecule is C[C@@H]1CCc2sc(C(=O)NNC(=O)c3ccc4c(c3)OCCO4)cc2C1. The van der Waals surface area contributed by atoms with E-state index in [9.17, 15) is 9.59 Å². The van der Waals surface area contributed by atoms with Crippen LogP contribution in [-0.2, 0) is 12.8 Å². The van der Waals surface area contributed by atoms with Gasteiger partial charge in [0.1, 0.15) is 13.2 Å². The summed E-state index contributed by atoms with van der Waals surface area (Å²) in [7, 11) is 0. The molecule has 6 nitrogen and oxygen atoms in total. The Morgan fingerprint density at radius 1 is 1.08 bits per heavy atom. The van der Waals surface area contributed by atoms with Gasteiger partial charge in [0.25, 0.3) is 11.8 Å². The Bertz CT molecular complexity index is 861. The number of amides is 2. The van der Waals surface area contributed by atoms with Crippen molar-refractivity contribution in [2.45, 2.75) is 26.2 Å². The fourth-order valence-electron chi connectivity index (χ4n) is 3.25. The van der Waals surface area contributed by atoms with Gasteiger partial charge in [0.2, 0.25) is 0 Å². The first-order valence-electron chi connectivity index (χ1n) is 8.72. The summed E-state index contributed by atoms with van der Waals surface area (Å²) >= 11 is 1.51. The molecule has 2 aromatic rings. The molecule has 0 bridgehead atoms. The summed E-state index contributed by atoms with van der Waals surface area (Å²) < 4.78 is 10.9. The number of hydrogen-bond donors (Lipinski definition) is 2. The van der Waals surface area contributed by atoms with Crippen molar-refractivity contribution < 1.29 is 19.1 Å². The summed E-state index contributed by atoms with van der Waals surface area (Å²) in [6.45, 7) is 3.18. The van der Waals surface area contributed by atoms with Gasteiger partial charge in [0.05, 0.1) is 4.88 Å². The van der Waals surface area contributed by atoms with Crippen molar-refractivity contribution in [3.05, 3.63) is 45.1 Å². The van der Waals surface area contributed by atoms with Gasteiger partial charge in [-0.15, -0.1) is 11.3 Å². The monoisotopic (exact) mass is 372 g/mol. The predicted octanol–water partition coefficient (Wildman–Crippen LogP) is 2.72. The van der Waals surface area contributed by atoms with E-state index in [0.29, 0.717) is 41.1 Å². The number of hydrazine groups is 1. The molecule has 0 spiro atoms. The van der Waals surface area contributed by atoms with E-state index >= 15 is 0 Å². The molecule has 0 unspecified atom stereocenters. The number of benzene rings is 1. The van der Waals surface area contributed by atoms with Gasteiger partial charge in [-0.05, 0) is 55.0 Å². The molecule has 26 heavy (non-hydrogen) atoms. The highest BCUT2D eigenvalue weighted by atomic mass is 32.1. The number of aryl methyl sites for hydroxylation is 1. The second-order valence-electron chi connectivity index (χ2n) is 6.67. The van der Waals surface area contributed by atoms with Crippen LogP contribution in [0.4, 0.5) is 0 Å². The molecule has 1 atom stereocenters. The fraction of sp³-hybridized carbons (Fsp3) is 0.368. The topological polar surface area (TPSA) is 76.7 Å². The molecule has 1 aliphatic heterocycles. The van der Waals surface area contributed by atoms with Gasteiger partial charge in [-0.1, -0.05) is 6.92 Å². The van der Waals surface area contributed by atoms with Crippen molar-refractivity contribution in [3.8, 4) is 11.5 Å². The van der Waals surface area contributed by atoms with Crippen LogP contribution in [0.1, 0.15) is 43.8 Å². The van der Waals surface area contributed by atoms with Gasteiger partial charge in [-0.25, -0.2) is 0 Å². The zero-order valence-electron chi connectivity index (χ0n) is 14.5. The molecule has 2 N–H and O–H groups in total. The second kappa shape index (κ2) is 6.99. The van der Waals surface area contributed by atoms with Crippen LogP contribution < -0.4 is 20.3 Å². The minimum Gasteiger partial charge on any atom is -0.486 e. The summed E-state index contributed by atoms with van der Waals surface area (Å²) in [5.41, 5.74) is 6.62. The maximum atomic E-state index is 12.4. The first-order chi connectivity index (χ1) is 12.6. The maximum absolute atomic E-state index is 12.4. The lowest BCUT2D eigenvalue weighted by Crippen LogP contribution is -2.41. The van der Waals surface area contributed by atoms with E-state index in [0.717, 1.165) is 19.3 Å². The number of ether oxygens (including phenoxy) is 2. The second-order valence-corrected chi connectivity index (χ2v) is 7.81. The van der Waals surface area contributed by atoms with Crippen LogP contribution in [0.25, 0.3) is 0 Å². The Labute approximate surface area is 155 Å². The van der Waals surface area contributed by atoms with Crippen molar-refractivity contribution in [1.82, 2.24) is 10.9 Å². The minimum absolute atomic E-state index is 0.289. The maximum Gasteiger partial charge on any atom is 0.279 e. The van der Waals surface area contributed by atoms with Crippen LogP contribution in [0.2, 0.25) is 0 Å². The molecular formula is C19H20N2O4S. The van der Waals surface area contributed by atoms with Crippen molar-refractivity contribution >= 4 is 23.2 Å². The number of rotatable bonds is 2. The van der Waals surface area contributed by atoms with Crippen LogP contribution >= 0.6 is 11.3 Å². The van der Waals surface area contributed by atoms with Crippen molar-refractivity contribution in [2.75, 3.05) is 13.2 Å². The van der Waals surface area contributed by atoms with Gasteiger partial charge in [0.15, 0.2) is 11.5 Å². The first kappa shape index (κ1) is 16.9. The number of carbonyl (C=O) groups excluding carboxylic acids is 2. The number of thiophene rings is 1. The molecule has 1 aromatic carbocycles. The smallest absolute Gasteiger partial charge is 0.279 e. The predicted molar refractivity (Wildman–Crippen MR) is 97.9 cm³/mol. The third-order valence-electron chi connectivity index (χ3n) is 4.65. The van der Waals surface area contributed by atoms with Gasteiger partial charge in [-0.2, -0.15) is 0 Å². The molecule has 0 saturated carbocycles. The van der Waals surface area contributed by atoms with Crippen molar-refractivity contribution in [3.63, 3.8) is 0 Å². The normalized spacial score (nSPS) is 18.0. The third kappa shape index (κ3) is 3.39. The molecule has 1 aliphatic carbocycles. The zero-order chi connectivity index (χ0) is 18.1. The van der Waals surface area contributed by atoms with Crippen LogP contribution in [-0.4, -0.2) is 25.0 Å². The van der Waals surface area contributed by atoms with E-state index in [2.05, 4.69) is 17.8 Å². The standard InChI is InChI=1S/C19H20N2O4S/c1-11-2-5-16-13(8-11)10-17(26-16)19(23)21-20-18(22)12-3-4-14-15(9-12)25-7-6-24-14/h3-4,9-11H,2,5-8H2,1H3,(H,20,22)(H,21,23)/t11-/m1/s1. The van der Waals surface area contributed by atoms with Crippen LogP contribution in [0, 0.1) is 5.92 Å². The summed E-state index contributed by atoms with van der Waals surface area (Å²) in [5.74, 6) is 1.13. The average Bonchev–Trinajstić information content (AvgIpc) is 3.08. The van der Waals surface area contributed by atoms with Crippen molar-refractivity contribution in [1.29, 1.82) is 0 Å². The Hall–Kier alpha value is -2.54. The highest BCUT2D eigenvalue weighted by Gasteiger charge is 2.21.